The van der Waals surface area contributed by atoms with Crippen LogP contribution in [0.2, 0.25) is 0 Å². The van der Waals surface area contributed by atoms with Gasteiger partial charge in [0.25, 0.3) is 5.97 Å². The Balaban J connectivity index is 1.44. The van der Waals surface area contributed by atoms with Crippen LogP contribution < -0.4 is 0 Å². The van der Waals surface area contributed by atoms with E-state index in [1.54, 1.807) is 5.57 Å². The van der Waals surface area contributed by atoms with Gasteiger partial charge in [0.15, 0.2) is 6.29 Å². The van der Waals surface area contributed by atoms with Crippen molar-refractivity contribution in [1.29, 1.82) is 0 Å². The fourth-order valence-corrected chi connectivity index (χ4v) is 7.86. The van der Waals surface area contributed by atoms with Gasteiger partial charge in [-0.05, 0) is 81.0 Å². The molecular formula is C23H36O4. The van der Waals surface area contributed by atoms with E-state index in [1.165, 1.54) is 25.7 Å². The van der Waals surface area contributed by atoms with Gasteiger partial charge in [-0.1, -0.05) is 31.4 Å². The van der Waals surface area contributed by atoms with E-state index in [2.05, 4.69) is 13.0 Å². The molecule has 0 aromatic carbocycles. The molecule has 1 saturated heterocycles. The van der Waals surface area contributed by atoms with Crippen LogP contribution in [0, 0.1) is 28.6 Å². The fourth-order valence-electron chi connectivity index (χ4n) is 7.86. The maximum absolute atomic E-state index is 11.2. The Morgan fingerprint density at radius 3 is 2.74 bits per heavy atom. The normalized spacial score (nSPS) is 47.1. The molecule has 5 aliphatic rings. The van der Waals surface area contributed by atoms with E-state index in [0.29, 0.717) is 29.8 Å². The minimum absolute atomic E-state index is 0.346. The van der Waals surface area contributed by atoms with Gasteiger partial charge >= 0.3 is 0 Å². The molecule has 27 heavy (non-hydrogen) atoms. The lowest BCUT2D eigenvalue weighted by molar-refractivity contribution is -0.441. The highest BCUT2D eigenvalue weighted by Crippen LogP contribution is 2.67. The Morgan fingerprint density at radius 1 is 1.04 bits per heavy atom. The second kappa shape index (κ2) is 6.55. The van der Waals surface area contributed by atoms with Crippen LogP contribution in [0.4, 0.5) is 0 Å². The Bertz CT molecular complexity index is 607. The first kappa shape index (κ1) is 18.6. The predicted octanol–water partition coefficient (Wildman–Crippen LogP) is 4.50. The standard InChI is InChI=1S/C23H36O4/c1-21-12-3-2-6-16(21)9-10-17-18(21)11-14-22(13-4-7-19(17)22)23(24,25)27-20-8-5-15-26-20/h9,17-20,24-25H,2-8,10-15H2,1H3/t17-,18+,19+,20?,21+,22-/m1/s1. The lowest BCUT2D eigenvalue weighted by Gasteiger charge is -2.59. The number of hydrogen-bond donors (Lipinski definition) is 2. The SMILES string of the molecule is C[C@]12CCCCC1=CC[C@H]1[C@@H]3CCC[C@@]3(C(O)(O)OC3CCCO3)CC[C@@H]12. The molecule has 0 aromatic heterocycles. The summed E-state index contributed by atoms with van der Waals surface area (Å²) in [5.41, 5.74) is 1.53. The van der Waals surface area contributed by atoms with Gasteiger partial charge in [0.2, 0.25) is 0 Å². The quantitative estimate of drug-likeness (QED) is 0.562. The van der Waals surface area contributed by atoms with E-state index in [-0.39, 0.29) is 0 Å². The first-order chi connectivity index (χ1) is 13.0. The highest BCUT2D eigenvalue weighted by atomic mass is 16.8. The minimum atomic E-state index is -2.06. The van der Waals surface area contributed by atoms with E-state index in [4.69, 9.17) is 9.47 Å². The molecule has 4 fully saturated rings. The third kappa shape index (κ3) is 2.70. The summed E-state index contributed by atoms with van der Waals surface area (Å²) in [6.45, 7) is 3.17. The molecular weight excluding hydrogens is 340 g/mol. The number of ether oxygens (including phenoxy) is 2. The minimum Gasteiger partial charge on any atom is -0.352 e. The number of rotatable bonds is 3. The van der Waals surface area contributed by atoms with Gasteiger partial charge in [0, 0.05) is 13.0 Å². The van der Waals surface area contributed by atoms with Crippen molar-refractivity contribution in [3.05, 3.63) is 11.6 Å². The van der Waals surface area contributed by atoms with Crippen LogP contribution in [-0.4, -0.2) is 29.1 Å². The lowest BCUT2D eigenvalue weighted by atomic mass is 9.47. The Hall–Kier alpha value is -0.420. The molecule has 1 heterocycles. The zero-order valence-electron chi connectivity index (χ0n) is 16.8. The zero-order chi connectivity index (χ0) is 18.7. The van der Waals surface area contributed by atoms with Gasteiger partial charge in [0.05, 0.1) is 5.41 Å². The summed E-state index contributed by atoms with van der Waals surface area (Å²) in [5, 5.41) is 22.4. The largest absolute Gasteiger partial charge is 0.352 e. The average Bonchev–Trinajstić information content (AvgIpc) is 3.30. The highest BCUT2D eigenvalue weighted by Gasteiger charge is 2.65. The second-order valence-electron chi connectivity index (χ2n) is 10.2. The molecule has 5 rings (SSSR count). The van der Waals surface area contributed by atoms with Crippen molar-refractivity contribution < 1.29 is 19.7 Å². The summed E-state index contributed by atoms with van der Waals surface area (Å²) in [7, 11) is 0. The van der Waals surface area contributed by atoms with Crippen molar-refractivity contribution >= 4 is 0 Å². The summed E-state index contributed by atoms with van der Waals surface area (Å²) in [6.07, 6.45) is 15.2. The van der Waals surface area contributed by atoms with E-state index in [9.17, 15) is 10.2 Å². The van der Waals surface area contributed by atoms with Gasteiger partial charge in [-0.3, -0.25) is 4.74 Å². The molecule has 4 aliphatic carbocycles. The smallest absolute Gasteiger partial charge is 0.286 e. The number of allylic oxidation sites excluding steroid dienone is 2. The van der Waals surface area contributed by atoms with E-state index < -0.39 is 17.7 Å². The monoisotopic (exact) mass is 376 g/mol. The first-order valence-corrected chi connectivity index (χ1v) is 11.4. The van der Waals surface area contributed by atoms with Crippen LogP contribution in [0.1, 0.15) is 84.0 Å². The number of aliphatic hydroxyl groups is 2. The van der Waals surface area contributed by atoms with Crippen molar-refractivity contribution in [2.75, 3.05) is 6.61 Å². The molecule has 4 nitrogen and oxygen atoms in total. The first-order valence-electron chi connectivity index (χ1n) is 11.4. The van der Waals surface area contributed by atoms with Crippen molar-refractivity contribution in [2.24, 2.45) is 28.6 Å². The van der Waals surface area contributed by atoms with E-state index in [1.807, 2.05) is 0 Å². The molecule has 1 unspecified atom stereocenters. The molecule has 0 bridgehead atoms. The van der Waals surface area contributed by atoms with Crippen LogP contribution in [0.5, 0.6) is 0 Å². The molecule has 0 radical (unpaired) electrons. The van der Waals surface area contributed by atoms with Crippen molar-refractivity contribution in [3.8, 4) is 0 Å². The molecule has 1 aliphatic heterocycles. The van der Waals surface area contributed by atoms with Crippen molar-refractivity contribution in [3.63, 3.8) is 0 Å². The Morgan fingerprint density at radius 2 is 1.93 bits per heavy atom. The predicted molar refractivity (Wildman–Crippen MR) is 102 cm³/mol. The molecule has 6 atom stereocenters. The fraction of sp³-hybridized carbons (Fsp3) is 0.913. The number of fused-ring (bicyclic) bond motifs is 5. The van der Waals surface area contributed by atoms with Crippen LogP contribution >= 0.6 is 0 Å². The van der Waals surface area contributed by atoms with Gasteiger partial charge in [0.1, 0.15) is 0 Å². The third-order valence-electron chi connectivity index (χ3n) is 9.20. The van der Waals surface area contributed by atoms with Crippen LogP contribution in [0.15, 0.2) is 11.6 Å². The van der Waals surface area contributed by atoms with Gasteiger partial charge in [-0.25, -0.2) is 0 Å². The topological polar surface area (TPSA) is 58.9 Å². The molecule has 0 aromatic rings. The molecule has 152 valence electrons. The Labute approximate surface area is 163 Å². The Kier molecular flexibility index (Phi) is 4.51. The third-order valence-corrected chi connectivity index (χ3v) is 9.20. The van der Waals surface area contributed by atoms with E-state index >= 15 is 0 Å². The van der Waals surface area contributed by atoms with Crippen LogP contribution in [-0.2, 0) is 9.47 Å². The molecule has 2 N–H and O–H groups in total. The van der Waals surface area contributed by atoms with Crippen LogP contribution in [0.25, 0.3) is 0 Å². The summed E-state index contributed by atoms with van der Waals surface area (Å²) < 4.78 is 11.4. The molecule has 0 spiro atoms. The maximum Gasteiger partial charge on any atom is 0.286 e. The van der Waals surface area contributed by atoms with E-state index in [0.717, 1.165) is 51.4 Å². The van der Waals surface area contributed by atoms with Crippen molar-refractivity contribution in [1.82, 2.24) is 0 Å². The summed E-state index contributed by atoms with van der Waals surface area (Å²) >= 11 is 0. The van der Waals surface area contributed by atoms with Gasteiger partial charge in [-0.2, -0.15) is 0 Å². The summed E-state index contributed by atoms with van der Waals surface area (Å²) in [4.78, 5) is 0. The zero-order valence-corrected chi connectivity index (χ0v) is 16.8. The van der Waals surface area contributed by atoms with Crippen LogP contribution in [0.3, 0.4) is 0 Å². The van der Waals surface area contributed by atoms with Gasteiger partial charge < -0.3 is 14.9 Å². The lowest BCUT2D eigenvalue weighted by Crippen LogP contribution is -2.60. The average molecular weight is 377 g/mol. The molecule has 3 saturated carbocycles. The highest BCUT2D eigenvalue weighted by molar-refractivity contribution is 5.24. The number of hydrogen-bond acceptors (Lipinski definition) is 4. The summed E-state index contributed by atoms with van der Waals surface area (Å²) in [5.74, 6) is -0.442. The van der Waals surface area contributed by atoms with Gasteiger partial charge in [-0.15, -0.1) is 0 Å². The maximum atomic E-state index is 11.2. The van der Waals surface area contributed by atoms with Crippen molar-refractivity contribution in [2.45, 2.75) is 96.2 Å². The molecule has 4 heteroatoms. The second-order valence-corrected chi connectivity index (χ2v) is 10.2. The molecule has 0 amide bonds. The summed E-state index contributed by atoms with van der Waals surface area (Å²) in [6, 6.07) is 0.